The number of hydrogen-bond acceptors (Lipinski definition) is 4. The Kier molecular flexibility index (Phi) is 17.4. The third kappa shape index (κ3) is 16.4. The maximum atomic E-state index is 11.8. The molecule has 3 amide bonds. The van der Waals surface area contributed by atoms with Crippen molar-refractivity contribution < 1.29 is 19.1 Å². The van der Waals surface area contributed by atoms with E-state index in [2.05, 4.69) is 17.6 Å². The lowest BCUT2D eigenvalue weighted by Gasteiger charge is -2.15. The monoisotopic (exact) mass is 399 g/mol. The van der Waals surface area contributed by atoms with E-state index in [-0.39, 0.29) is 12.5 Å². The van der Waals surface area contributed by atoms with Gasteiger partial charge in [-0.15, -0.1) is 0 Å². The van der Waals surface area contributed by atoms with E-state index in [9.17, 15) is 14.4 Å². The molecule has 0 rings (SSSR count). The normalized spacial score (nSPS) is 11.6. The molecule has 0 aliphatic carbocycles. The van der Waals surface area contributed by atoms with Gasteiger partial charge in [0.1, 0.15) is 6.04 Å². The molecule has 0 spiro atoms. The number of primary amides is 1. The minimum absolute atomic E-state index is 0.0835. The average Bonchev–Trinajstić information content (AvgIpc) is 2.65. The Morgan fingerprint density at radius 1 is 0.857 bits per heavy atom. The summed E-state index contributed by atoms with van der Waals surface area (Å²) >= 11 is 0. The fraction of sp³-hybridized carbons (Fsp3) is 0.857. The molecule has 0 aliphatic heterocycles. The number of nitrogens with one attached hydrogen (secondary N) is 2. The number of ether oxygens (including phenoxy) is 1. The molecular weight excluding hydrogens is 358 g/mol. The van der Waals surface area contributed by atoms with Gasteiger partial charge in [-0.05, 0) is 32.6 Å². The first-order valence-corrected chi connectivity index (χ1v) is 11.0. The highest BCUT2D eigenvalue weighted by Crippen LogP contribution is 2.10. The van der Waals surface area contributed by atoms with Gasteiger partial charge >= 0.3 is 12.0 Å². The molecule has 1 atom stereocenters. The third-order valence-electron chi connectivity index (χ3n) is 4.64. The summed E-state index contributed by atoms with van der Waals surface area (Å²) in [5.41, 5.74) is 5.09. The van der Waals surface area contributed by atoms with E-state index in [1.54, 1.807) is 6.92 Å². The molecule has 0 aliphatic rings. The van der Waals surface area contributed by atoms with E-state index >= 15 is 0 Å². The fourth-order valence-electron chi connectivity index (χ4n) is 3.05. The molecule has 0 unspecified atom stereocenters. The van der Waals surface area contributed by atoms with Crippen molar-refractivity contribution in [2.24, 2.45) is 5.73 Å². The fourth-order valence-corrected chi connectivity index (χ4v) is 3.05. The number of rotatable bonds is 18. The predicted molar refractivity (Wildman–Crippen MR) is 112 cm³/mol. The molecule has 0 saturated carbocycles. The van der Waals surface area contributed by atoms with Gasteiger partial charge in [0.25, 0.3) is 0 Å². The van der Waals surface area contributed by atoms with Crippen molar-refractivity contribution in [3.8, 4) is 0 Å². The van der Waals surface area contributed by atoms with Gasteiger partial charge in [0.2, 0.25) is 5.91 Å². The van der Waals surface area contributed by atoms with Crippen LogP contribution in [-0.4, -0.2) is 37.1 Å². The van der Waals surface area contributed by atoms with Crippen LogP contribution in [0.4, 0.5) is 4.79 Å². The summed E-state index contributed by atoms with van der Waals surface area (Å²) in [7, 11) is 0. The number of unbranched alkanes of at least 4 members (excludes halogenated alkanes) is 9. The predicted octanol–water partition coefficient (Wildman–Crippen LogP) is 3.79. The van der Waals surface area contributed by atoms with Gasteiger partial charge in [0.05, 0.1) is 6.61 Å². The number of carbonyl (C=O) groups excluding carboxylic acids is 3. The highest BCUT2D eigenvalue weighted by Gasteiger charge is 2.20. The third-order valence-corrected chi connectivity index (χ3v) is 4.64. The zero-order valence-electron chi connectivity index (χ0n) is 17.9. The lowest BCUT2D eigenvalue weighted by atomic mass is 10.1. The Morgan fingerprint density at radius 2 is 1.46 bits per heavy atom. The van der Waals surface area contributed by atoms with Crippen molar-refractivity contribution in [3.63, 3.8) is 0 Å². The molecule has 0 radical (unpaired) electrons. The van der Waals surface area contributed by atoms with Crippen molar-refractivity contribution in [1.29, 1.82) is 0 Å². The van der Waals surface area contributed by atoms with Crippen LogP contribution >= 0.6 is 0 Å². The minimum Gasteiger partial charge on any atom is -0.464 e. The molecule has 0 bridgehead atoms. The lowest BCUT2D eigenvalue weighted by Crippen LogP contribution is -2.44. The van der Waals surface area contributed by atoms with E-state index in [1.165, 1.54) is 44.9 Å². The van der Waals surface area contributed by atoms with Crippen LogP contribution in [-0.2, 0) is 14.3 Å². The van der Waals surface area contributed by atoms with Crippen LogP contribution in [0.3, 0.4) is 0 Å². The van der Waals surface area contributed by atoms with E-state index in [1.807, 2.05) is 0 Å². The summed E-state index contributed by atoms with van der Waals surface area (Å²) in [6.45, 7) is 4.77. The summed E-state index contributed by atoms with van der Waals surface area (Å²) in [6.07, 6.45) is 13.6. The molecule has 0 aromatic carbocycles. The number of urea groups is 1. The molecule has 0 aromatic heterocycles. The van der Waals surface area contributed by atoms with E-state index in [0.29, 0.717) is 25.8 Å². The van der Waals surface area contributed by atoms with Gasteiger partial charge in [-0.3, -0.25) is 4.79 Å². The minimum atomic E-state index is -0.743. The van der Waals surface area contributed by atoms with Crippen molar-refractivity contribution in [2.75, 3.05) is 13.2 Å². The Labute approximate surface area is 170 Å². The second kappa shape index (κ2) is 18.6. The molecule has 4 N–H and O–H groups in total. The topological polar surface area (TPSA) is 111 Å². The maximum Gasteiger partial charge on any atom is 0.328 e. The first kappa shape index (κ1) is 26.2. The summed E-state index contributed by atoms with van der Waals surface area (Å²) in [5, 5.41) is 5.31. The van der Waals surface area contributed by atoms with Crippen molar-refractivity contribution in [2.45, 2.75) is 103 Å². The second-order valence-corrected chi connectivity index (χ2v) is 7.24. The van der Waals surface area contributed by atoms with Crippen LogP contribution in [0.2, 0.25) is 0 Å². The largest absolute Gasteiger partial charge is 0.464 e. The van der Waals surface area contributed by atoms with Gasteiger partial charge in [-0.2, -0.15) is 0 Å². The molecule has 28 heavy (non-hydrogen) atoms. The molecule has 164 valence electrons. The zero-order valence-corrected chi connectivity index (χ0v) is 17.9. The highest BCUT2D eigenvalue weighted by atomic mass is 16.5. The van der Waals surface area contributed by atoms with Gasteiger partial charge < -0.3 is 21.1 Å². The molecule has 0 heterocycles. The van der Waals surface area contributed by atoms with Crippen LogP contribution in [0.5, 0.6) is 0 Å². The lowest BCUT2D eigenvalue weighted by molar-refractivity contribution is -0.145. The first-order valence-electron chi connectivity index (χ1n) is 11.0. The molecule has 0 saturated heterocycles. The summed E-state index contributed by atoms with van der Waals surface area (Å²) in [6, 6.07) is -1.47. The molecule has 0 fully saturated rings. The van der Waals surface area contributed by atoms with Crippen molar-refractivity contribution in [3.05, 3.63) is 0 Å². The number of amides is 3. The Morgan fingerprint density at radius 3 is 2.04 bits per heavy atom. The number of esters is 1. The van der Waals surface area contributed by atoms with Gasteiger partial charge in [-0.25, -0.2) is 9.59 Å². The van der Waals surface area contributed by atoms with Gasteiger partial charge in [0.15, 0.2) is 0 Å². The SMILES string of the molecule is CCCCCCCCCCCC(=O)NCCCC[C@H](NC(N)=O)C(=O)OCC. The Bertz CT molecular complexity index is 430. The standard InChI is InChI=1S/C21H41N3O4/c1-3-5-6-7-8-9-10-11-12-16-19(25)23-17-14-13-15-18(24-21(22)27)20(26)28-4-2/h18H,3-17H2,1-2H3,(H,23,25)(H3,22,24,27)/t18-/m0/s1. The zero-order chi connectivity index (χ0) is 21.0. The van der Waals surface area contributed by atoms with Gasteiger partial charge in [0, 0.05) is 13.0 Å². The second-order valence-electron chi connectivity index (χ2n) is 7.24. The molecular formula is C21H41N3O4. The van der Waals surface area contributed by atoms with Crippen molar-refractivity contribution >= 4 is 17.9 Å². The van der Waals surface area contributed by atoms with Crippen LogP contribution in [0.25, 0.3) is 0 Å². The van der Waals surface area contributed by atoms with E-state index < -0.39 is 18.0 Å². The molecule has 7 nitrogen and oxygen atoms in total. The first-order chi connectivity index (χ1) is 13.5. The van der Waals surface area contributed by atoms with Crippen LogP contribution < -0.4 is 16.4 Å². The Hall–Kier alpha value is -1.79. The summed E-state index contributed by atoms with van der Waals surface area (Å²) in [4.78, 5) is 34.5. The highest BCUT2D eigenvalue weighted by molar-refractivity contribution is 5.82. The van der Waals surface area contributed by atoms with Crippen LogP contribution in [0, 0.1) is 0 Å². The summed E-state index contributed by atoms with van der Waals surface area (Å²) < 4.78 is 4.92. The van der Waals surface area contributed by atoms with Crippen LogP contribution in [0.1, 0.15) is 97.3 Å². The summed E-state index contributed by atoms with van der Waals surface area (Å²) in [5.74, 6) is -0.393. The van der Waals surface area contributed by atoms with Crippen LogP contribution in [0.15, 0.2) is 0 Å². The van der Waals surface area contributed by atoms with Crippen molar-refractivity contribution in [1.82, 2.24) is 10.6 Å². The average molecular weight is 400 g/mol. The molecule has 7 heteroatoms. The number of carbonyl (C=O) groups is 3. The van der Waals surface area contributed by atoms with E-state index in [0.717, 1.165) is 19.3 Å². The molecule has 0 aromatic rings. The maximum absolute atomic E-state index is 11.8. The van der Waals surface area contributed by atoms with E-state index in [4.69, 9.17) is 10.5 Å². The number of hydrogen-bond donors (Lipinski definition) is 3. The Balaban J connectivity index is 3.64. The number of nitrogens with two attached hydrogens (primary N) is 1. The smallest absolute Gasteiger partial charge is 0.328 e. The quantitative estimate of drug-likeness (QED) is 0.240. The van der Waals surface area contributed by atoms with Gasteiger partial charge in [-0.1, -0.05) is 58.3 Å².